The van der Waals surface area contributed by atoms with Gasteiger partial charge in [-0.25, -0.2) is 9.78 Å². The van der Waals surface area contributed by atoms with Gasteiger partial charge in [-0.15, -0.1) is 11.3 Å². The molecule has 232 valence electrons. The van der Waals surface area contributed by atoms with Crippen LogP contribution in [0.1, 0.15) is 50.9 Å². The Hall–Kier alpha value is -3.56. The molecule has 44 heavy (non-hydrogen) atoms. The fourth-order valence-corrected chi connectivity index (χ4v) is 10.9. The van der Waals surface area contributed by atoms with Crippen molar-refractivity contribution in [1.82, 2.24) is 4.98 Å². The van der Waals surface area contributed by atoms with E-state index in [0.29, 0.717) is 26.2 Å². The molecule has 1 atom stereocenters. The molecule has 0 N–H and O–H groups in total. The molecule has 4 aromatic rings. The van der Waals surface area contributed by atoms with E-state index in [-0.39, 0.29) is 17.1 Å². The number of aromatic nitrogens is 1. The first-order valence-electron chi connectivity index (χ1n) is 15.0. The summed E-state index contributed by atoms with van der Waals surface area (Å²) in [6.45, 7) is 11.7. The van der Waals surface area contributed by atoms with E-state index in [9.17, 15) is 4.79 Å². The Kier molecular flexibility index (Phi) is 11.7. The van der Waals surface area contributed by atoms with Crippen LogP contribution in [0, 0.1) is 0 Å². The summed E-state index contributed by atoms with van der Waals surface area (Å²) in [7, 11) is -1.18. The van der Waals surface area contributed by atoms with E-state index >= 15 is 0 Å². The SMILES string of the molecule is CCOC(=O)/C=C(\C)c1csc(C[C@@H](COCc2ccc(OC)cc2)O[Si](c2ccccc2)(c2ccccc2)C(C)(C)C)n1. The Morgan fingerprint density at radius 3 is 2.11 bits per heavy atom. The molecular weight excluding hydrogens is 587 g/mol. The van der Waals surface area contributed by atoms with Crippen LogP contribution in [-0.2, 0) is 31.7 Å². The van der Waals surface area contributed by atoms with Crippen LogP contribution in [-0.4, -0.2) is 45.7 Å². The molecule has 8 heteroatoms. The van der Waals surface area contributed by atoms with Crippen LogP contribution in [0.4, 0.5) is 0 Å². The monoisotopic (exact) mass is 629 g/mol. The van der Waals surface area contributed by atoms with E-state index in [0.717, 1.165) is 27.6 Å². The molecule has 1 aromatic heterocycles. The Morgan fingerprint density at radius 2 is 1.57 bits per heavy atom. The third kappa shape index (κ3) is 8.33. The maximum absolute atomic E-state index is 12.0. The van der Waals surface area contributed by atoms with Crippen LogP contribution in [0.3, 0.4) is 0 Å². The lowest BCUT2D eigenvalue weighted by molar-refractivity contribution is -0.137. The summed E-state index contributed by atoms with van der Waals surface area (Å²) in [6.07, 6.45) is 1.80. The summed E-state index contributed by atoms with van der Waals surface area (Å²) >= 11 is 1.57. The minimum absolute atomic E-state index is 0.184. The Bertz CT molecular complexity index is 1460. The highest BCUT2D eigenvalue weighted by Crippen LogP contribution is 2.38. The summed E-state index contributed by atoms with van der Waals surface area (Å²) in [5.41, 5.74) is 2.60. The Labute approximate surface area is 266 Å². The van der Waals surface area contributed by atoms with Crippen LogP contribution >= 0.6 is 11.3 Å². The number of esters is 1. The molecular formula is C36H43NO5SSi. The van der Waals surface area contributed by atoms with Crippen molar-refractivity contribution in [3.63, 3.8) is 0 Å². The number of methoxy groups -OCH3 is 1. The fraction of sp³-hybridized carbons (Fsp3) is 0.333. The third-order valence-corrected chi connectivity index (χ3v) is 13.4. The predicted octanol–water partition coefficient (Wildman–Crippen LogP) is 6.82. The number of benzene rings is 3. The predicted molar refractivity (Wildman–Crippen MR) is 181 cm³/mol. The van der Waals surface area contributed by atoms with E-state index < -0.39 is 8.32 Å². The van der Waals surface area contributed by atoms with E-state index in [4.69, 9.17) is 23.6 Å². The van der Waals surface area contributed by atoms with Crippen molar-refractivity contribution in [3.8, 4) is 5.75 Å². The summed E-state index contributed by atoms with van der Waals surface area (Å²) in [6, 6.07) is 29.2. The first-order valence-corrected chi connectivity index (χ1v) is 17.7. The summed E-state index contributed by atoms with van der Waals surface area (Å²) in [4.78, 5) is 16.9. The lowest BCUT2D eigenvalue weighted by Gasteiger charge is -2.45. The molecule has 0 amide bonds. The molecule has 0 bridgehead atoms. The summed E-state index contributed by atoms with van der Waals surface area (Å²) in [5, 5.41) is 5.15. The quantitative estimate of drug-likeness (QED) is 0.0866. The largest absolute Gasteiger partial charge is 0.497 e. The summed E-state index contributed by atoms with van der Waals surface area (Å²) < 4.78 is 24.2. The number of nitrogens with zero attached hydrogens (tertiary/aromatic N) is 1. The number of allylic oxidation sites excluding steroid dienone is 1. The van der Waals surface area contributed by atoms with Crippen LogP contribution < -0.4 is 15.1 Å². The highest BCUT2D eigenvalue weighted by atomic mass is 32.1. The van der Waals surface area contributed by atoms with Crippen molar-refractivity contribution in [2.75, 3.05) is 20.3 Å². The molecule has 0 radical (unpaired) electrons. The minimum Gasteiger partial charge on any atom is -0.497 e. The summed E-state index contributed by atoms with van der Waals surface area (Å²) in [5.74, 6) is 0.452. The topological polar surface area (TPSA) is 66.9 Å². The van der Waals surface area contributed by atoms with E-state index in [2.05, 4.69) is 81.4 Å². The molecule has 6 nitrogen and oxygen atoms in total. The van der Waals surface area contributed by atoms with Crippen molar-refractivity contribution < 1.29 is 23.4 Å². The average molecular weight is 630 g/mol. The first kappa shape index (κ1) is 33.3. The van der Waals surface area contributed by atoms with Crippen LogP contribution in [0.5, 0.6) is 5.75 Å². The van der Waals surface area contributed by atoms with Gasteiger partial charge in [0.25, 0.3) is 8.32 Å². The zero-order valence-corrected chi connectivity index (χ0v) is 28.4. The van der Waals surface area contributed by atoms with Gasteiger partial charge in [0.05, 0.1) is 43.7 Å². The van der Waals surface area contributed by atoms with Crippen molar-refractivity contribution in [1.29, 1.82) is 0 Å². The number of thiazole rings is 1. The van der Waals surface area contributed by atoms with Gasteiger partial charge < -0.3 is 18.6 Å². The van der Waals surface area contributed by atoms with Gasteiger partial charge in [-0.3, -0.25) is 0 Å². The lowest BCUT2D eigenvalue weighted by atomic mass is 10.2. The number of carbonyl (C=O) groups is 1. The smallest absolute Gasteiger partial charge is 0.331 e. The van der Waals surface area contributed by atoms with Crippen molar-refractivity contribution in [2.24, 2.45) is 0 Å². The number of rotatable bonds is 14. The molecule has 4 rings (SSSR count). The molecule has 0 saturated heterocycles. The molecule has 0 saturated carbocycles. The van der Waals surface area contributed by atoms with Crippen molar-refractivity contribution >= 4 is 41.6 Å². The molecule has 0 aliphatic rings. The maximum atomic E-state index is 12.0. The van der Waals surface area contributed by atoms with E-state index in [1.54, 1.807) is 25.4 Å². The van der Waals surface area contributed by atoms with Crippen LogP contribution in [0.25, 0.3) is 5.57 Å². The minimum atomic E-state index is -2.85. The lowest BCUT2D eigenvalue weighted by Crippen LogP contribution is -2.68. The first-order chi connectivity index (χ1) is 21.2. The fourth-order valence-electron chi connectivity index (χ4n) is 5.32. The number of hydrogen-bond donors (Lipinski definition) is 0. The Balaban J connectivity index is 1.68. The van der Waals surface area contributed by atoms with E-state index in [1.165, 1.54) is 16.4 Å². The van der Waals surface area contributed by atoms with Gasteiger partial charge in [0, 0.05) is 17.9 Å². The molecule has 0 unspecified atom stereocenters. The van der Waals surface area contributed by atoms with E-state index in [1.807, 2.05) is 36.6 Å². The molecule has 1 heterocycles. The molecule has 0 aliphatic carbocycles. The zero-order chi connectivity index (χ0) is 31.6. The molecule has 3 aromatic carbocycles. The normalized spacial score (nSPS) is 13.0. The number of carbonyl (C=O) groups excluding carboxylic acids is 1. The second-order valence-corrected chi connectivity index (χ2v) is 16.9. The maximum Gasteiger partial charge on any atom is 0.331 e. The van der Waals surface area contributed by atoms with Gasteiger partial charge in [0.1, 0.15) is 5.75 Å². The average Bonchev–Trinajstić information content (AvgIpc) is 3.49. The van der Waals surface area contributed by atoms with Gasteiger partial charge in [-0.1, -0.05) is 93.6 Å². The van der Waals surface area contributed by atoms with Crippen molar-refractivity contribution in [2.45, 2.75) is 58.8 Å². The molecule has 0 aliphatic heterocycles. The zero-order valence-electron chi connectivity index (χ0n) is 26.5. The van der Waals surface area contributed by atoms with Gasteiger partial charge in [0.2, 0.25) is 0 Å². The molecule has 0 spiro atoms. The third-order valence-electron chi connectivity index (χ3n) is 7.47. The molecule has 0 fully saturated rings. The number of ether oxygens (including phenoxy) is 3. The second kappa shape index (κ2) is 15.4. The number of hydrogen-bond acceptors (Lipinski definition) is 7. The highest BCUT2D eigenvalue weighted by molar-refractivity contribution is 7.09. The standard InChI is InChI=1S/C36H43NO5SSi/c1-7-41-35(38)22-27(2)33-26-43-34(37-33)23-30(25-40-24-28-18-20-29(39-6)21-19-28)42-44(36(3,4)5,31-14-10-8-11-15-31)32-16-12-9-13-17-32/h8-22,26,30H,7,23-25H2,1-6H3/b27-22+/t30-/m0/s1. The van der Waals surface area contributed by atoms with Gasteiger partial charge in [-0.05, 0) is 52.5 Å². The second-order valence-electron chi connectivity index (χ2n) is 11.7. The van der Waals surface area contributed by atoms with Crippen LogP contribution in [0.15, 0.2) is 96.4 Å². The van der Waals surface area contributed by atoms with Crippen molar-refractivity contribution in [3.05, 3.63) is 113 Å². The Morgan fingerprint density at radius 1 is 0.955 bits per heavy atom. The van der Waals surface area contributed by atoms with Gasteiger partial charge >= 0.3 is 5.97 Å². The van der Waals surface area contributed by atoms with Gasteiger partial charge in [0.15, 0.2) is 0 Å². The highest BCUT2D eigenvalue weighted by Gasteiger charge is 2.51. The van der Waals surface area contributed by atoms with Crippen LogP contribution in [0.2, 0.25) is 5.04 Å². The van der Waals surface area contributed by atoms with Gasteiger partial charge in [-0.2, -0.15) is 0 Å².